The van der Waals surface area contributed by atoms with Gasteiger partial charge in [0.05, 0.1) is 19.0 Å². The average molecular weight is 352 g/mol. The lowest BCUT2D eigenvalue weighted by molar-refractivity contribution is 0.0599. The minimum Gasteiger partial charge on any atom is -0.465 e. The maximum atomic E-state index is 11.9. The molecule has 7 nitrogen and oxygen atoms in total. The van der Waals surface area contributed by atoms with Crippen LogP contribution in [-0.2, 0) is 11.2 Å². The Bertz CT molecular complexity index is 950. The summed E-state index contributed by atoms with van der Waals surface area (Å²) in [4.78, 5) is 20.3. The van der Waals surface area contributed by atoms with E-state index in [1.54, 1.807) is 10.7 Å². The molecule has 0 unspecified atom stereocenters. The van der Waals surface area contributed by atoms with E-state index in [0.717, 1.165) is 16.9 Å². The van der Waals surface area contributed by atoms with E-state index in [1.165, 1.54) is 19.6 Å². The van der Waals surface area contributed by atoms with Crippen molar-refractivity contribution in [3.8, 4) is 17.4 Å². The molecule has 0 aliphatic carbocycles. The maximum Gasteiger partial charge on any atom is 0.341 e. The van der Waals surface area contributed by atoms with Crippen LogP contribution in [0.1, 0.15) is 34.1 Å². The smallest absolute Gasteiger partial charge is 0.341 e. The topological polar surface area (TPSA) is 79.1 Å². The van der Waals surface area contributed by atoms with E-state index in [0.29, 0.717) is 29.4 Å². The summed E-state index contributed by atoms with van der Waals surface area (Å²) >= 11 is 0. The standard InChI is InChI=1S/C19H20N4O3/c1-5-15-14(19(24)25-4)10-22-23(15)17-9-18(21-11-20-17)26-16-8-12(2)6-7-13(16)3/h6-11H,5H2,1-4H3. The Morgan fingerprint density at radius 3 is 2.73 bits per heavy atom. The first-order valence-corrected chi connectivity index (χ1v) is 8.26. The number of aryl methyl sites for hydroxylation is 2. The fraction of sp³-hybridized carbons (Fsp3) is 0.263. The molecule has 26 heavy (non-hydrogen) atoms. The first-order valence-electron chi connectivity index (χ1n) is 8.26. The average Bonchev–Trinajstić information content (AvgIpc) is 3.08. The van der Waals surface area contributed by atoms with Gasteiger partial charge in [-0.3, -0.25) is 0 Å². The molecule has 0 N–H and O–H groups in total. The van der Waals surface area contributed by atoms with Crippen molar-refractivity contribution >= 4 is 5.97 Å². The van der Waals surface area contributed by atoms with E-state index in [4.69, 9.17) is 9.47 Å². The van der Waals surface area contributed by atoms with Crippen LogP contribution in [0.25, 0.3) is 5.82 Å². The summed E-state index contributed by atoms with van der Waals surface area (Å²) in [5, 5.41) is 4.28. The van der Waals surface area contributed by atoms with Crippen LogP contribution in [0, 0.1) is 13.8 Å². The van der Waals surface area contributed by atoms with Crippen molar-refractivity contribution in [3.63, 3.8) is 0 Å². The zero-order valence-electron chi connectivity index (χ0n) is 15.2. The molecule has 0 aliphatic rings. The summed E-state index contributed by atoms with van der Waals surface area (Å²) in [5.41, 5.74) is 3.25. The molecule has 2 aromatic heterocycles. The number of nitrogens with zero attached hydrogens (tertiary/aromatic N) is 4. The van der Waals surface area contributed by atoms with Crippen molar-refractivity contribution in [3.05, 3.63) is 59.2 Å². The number of methoxy groups -OCH3 is 1. The van der Waals surface area contributed by atoms with Gasteiger partial charge < -0.3 is 9.47 Å². The number of carbonyl (C=O) groups excluding carboxylic acids is 1. The van der Waals surface area contributed by atoms with Crippen molar-refractivity contribution in [2.45, 2.75) is 27.2 Å². The molecule has 0 aliphatic heterocycles. The molecule has 134 valence electrons. The Labute approximate surface area is 151 Å². The fourth-order valence-corrected chi connectivity index (χ4v) is 2.62. The second kappa shape index (κ2) is 7.35. The third-order valence-electron chi connectivity index (χ3n) is 4.01. The minimum absolute atomic E-state index is 0.404. The third-order valence-corrected chi connectivity index (χ3v) is 4.01. The molecule has 0 spiro atoms. The molecule has 0 saturated carbocycles. The first-order chi connectivity index (χ1) is 12.5. The summed E-state index contributed by atoms with van der Waals surface area (Å²) in [6.45, 7) is 5.92. The van der Waals surface area contributed by atoms with Gasteiger partial charge in [-0.15, -0.1) is 0 Å². The molecular formula is C19H20N4O3. The summed E-state index contributed by atoms with van der Waals surface area (Å²) in [6.07, 6.45) is 3.49. The molecule has 0 radical (unpaired) electrons. The van der Waals surface area contributed by atoms with E-state index in [1.807, 2.05) is 39.0 Å². The monoisotopic (exact) mass is 352 g/mol. The lowest BCUT2D eigenvalue weighted by atomic mass is 10.1. The number of benzene rings is 1. The predicted molar refractivity (Wildman–Crippen MR) is 95.9 cm³/mol. The van der Waals surface area contributed by atoms with Gasteiger partial charge in [-0.25, -0.2) is 19.4 Å². The lowest BCUT2D eigenvalue weighted by Crippen LogP contribution is -2.09. The molecular weight excluding hydrogens is 332 g/mol. The molecule has 0 atom stereocenters. The Kier molecular flexibility index (Phi) is 4.97. The van der Waals surface area contributed by atoms with Gasteiger partial charge in [0.15, 0.2) is 5.82 Å². The number of rotatable bonds is 5. The van der Waals surface area contributed by atoms with Gasteiger partial charge in [-0.1, -0.05) is 19.1 Å². The van der Waals surface area contributed by atoms with Gasteiger partial charge in [-0.2, -0.15) is 5.10 Å². The van der Waals surface area contributed by atoms with Gasteiger partial charge in [0, 0.05) is 6.07 Å². The summed E-state index contributed by atoms with van der Waals surface area (Å²) < 4.78 is 12.3. The quantitative estimate of drug-likeness (QED) is 0.655. The fourth-order valence-electron chi connectivity index (χ4n) is 2.62. The van der Waals surface area contributed by atoms with Crippen LogP contribution >= 0.6 is 0 Å². The zero-order valence-corrected chi connectivity index (χ0v) is 15.2. The van der Waals surface area contributed by atoms with Gasteiger partial charge in [-0.05, 0) is 37.5 Å². The highest BCUT2D eigenvalue weighted by Crippen LogP contribution is 2.25. The van der Waals surface area contributed by atoms with Gasteiger partial charge >= 0.3 is 5.97 Å². The highest BCUT2D eigenvalue weighted by atomic mass is 16.5. The van der Waals surface area contributed by atoms with Crippen molar-refractivity contribution in [1.29, 1.82) is 0 Å². The van der Waals surface area contributed by atoms with Crippen molar-refractivity contribution in [1.82, 2.24) is 19.7 Å². The largest absolute Gasteiger partial charge is 0.465 e. The predicted octanol–water partition coefficient (Wildman–Crippen LogP) is 3.42. The lowest BCUT2D eigenvalue weighted by Gasteiger charge is -2.10. The summed E-state index contributed by atoms with van der Waals surface area (Å²) in [7, 11) is 1.35. The number of hydrogen-bond acceptors (Lipinski definition) is 6. The highest BCUT2D eigenvalue weighted by Gasteiger charge is 2.18. The number of aromatic nitrogens is 4. The van der Waals surface area contributed by atoms with Crippen LogP contribution in [0.5, 0.6) is 11.6 Å². The van der Waals surface area contributed by atoms with E-state index in [9.17, 15) is 4.79 Å². The number of hydrogen-bond donors (Lipinski definition) is 0. The second-order valence-electron chi connectivity index (χ2n) is 5.85. The van der Waals surface area contributed by atoms with Crippen LogP contribution < -0.4 is 4.74 Å². The van der Waals surface area contributed by atoms with E-state index < -0.39 is 5.97 Å². The van der Waals surface area contributed by atoms with Crippen molar-refractivity contribution in [2.75, 3.05) is 7.11 Å². The maximum absolute atomic E-state index is 11.9. The molecule has 7 heteroatoms. The zero-order chi connectivity index (χ0) is 18.7. The molecule has 3 aromatic rings. The number of esters is 1. The first kappa shape index (κ1) is 17.6. The van der Waals surface area contributed by atoms with Crippen LogP contribution in [0.15, 0.2) is 36.8 Å². The van der Waals surface area contributed by atoms with Gasteiger partial charge in [0.1, 0.15) is 17.6 Å². The van der Waals surface area contributed by atoms with Crippen LogP contribution in [0.3, 0.4) is 0 Å². The minimum atomic E-state index is -0.422. The normalized spacial score (nSPS) is 10.6. The molecule has 0 saturated heterocycles. The third kappa shape index (κ3) is 3.42. The molecule has 1 aromatic carbocycles. The van der Waals surface area contributed by atoms with Crippen molar-refractivity contribution < 1.29 is 14.3 Å². The molecule has 2 heterocycles. The van der Waals surface area contributed by atoms with Gasteiger partial charge in [0.25, 0.3) is 0 Å². The van der Waals surface area contributed by atoms with Crippen LogP contribution in [0.4, 0.5) is 0 Å². The SMILES string of the molecule is CCc1c(C(=O)OC)cnn1-c1cc(Oc2cc(C)ccc2C)ncn1. The Morgan fingerprint density at radius 2 is 2.00 bits per heavy atom. The van der Waals surface area contributed by atoms with Gasteiger partial charge in [0.2, 0.25) is 5.88 Å². The summed E-state index contributed by atoms with van der Waals surface area (Å²) in [5.74, 6) is 1.24. The Morgan fingerprint density at radius 1 is 1.19 bits per heavy atom. The number of ether oxygens (including phenoxy) is 2. The Balaban J connectivity index is 1.96. The molecule has 3 rings (SSSR count). The summed E-state index contributed by atoms with van der Waals surface area (Å²) in [6, 6.07) is 7.67. The highest BCUT2D eigenvalue weighted by molar-refractivity contribution is 5.90. The number of carbonyl (C=O) groups is 1. The van der Waals surface area contributed by atoms with E-state index in [2.05, 4.69) is 15.1 Å². The molecule has 0 amide bonds. The van der Waals surface area contributed by atoms with Crippen molar-refractivity contribution in [2.24, 2.45) is 0 Å². The second-order valence-corrected chi connectivity index (χ2v) is 5.85. The van der Waals surface area contributed by atoms with Crippen LogP contribution in [-0.4, -0.2) is 32.8 Å². The molecule has 0 fully saturated rings. The van der Waals surface area contributed by atoms with E-state index >= 15 is 0 Å². The Hall–Kier alpha value is -3.22. The van der Waals surface area contributed by atoms with E-state index in [-0.39, 0.29) is 0 Å². The molecule has 0 bridgehead atoms. The van der Waals surface area contributed by atoms with Crippen LogP contribution in [0.2, 0.25) is 0 Å².